The maximum Gasteiger partial charge on any atom is 0.270 e. The van der Waals surface area contributed by atoms with Crippen LogP contribution in [-0.4, -0.2) is 42.1 Å². The molecule has 1 fully saturated rings. The van der Waals surface area contributed by atoms with E-state index in [1.54, 1.807) is 40.8 Å². The Hall–Kier alpha value is -2.38. The molecular formula is C21H20ClFN2O3S. The molecule has 29 heavy (non-hydrogen) atoms. The molecule has 2 aromatic carbocycles. The second kappa shape index (κ2) is 7.46. The van der Waals surface area contributed by atoms with Gasteiger partial charge >= 0.3 is 0 Å². The second-order valence-electron chi connectivity index (χ2n) is 7.28. The predicted octanol–water partition coefficient (Wildman–Crippen LogP) is 4.05. The van der Waals surface area contributed by atoms with E-state index in [0.29, 0.717) is 42.2 Å². The average Bonchev–Trinajstić information content (AvgIpc) is 3.04. The fraction of sp³-hybridized carbons (Fsp3) is 0.286. The molecule has 0 atom stereocenters. The number of nitrogens with zero attached hydrogens (tertiary/aromatic N) is 2. The number of benzene rings is 2. The van der Waals surface area contributed by atoms with Crippen molar-refractivity contribution in [3.05, 3.63) is 65.1 Å². The number of likely N-dealkylation sites (tertiary alicyclic amines) is 1. The number of amides is 1. The van der Waals surface area contributed by atoms with Crippen LogP contribution in [0.5, 0.6) is 0 Å². The molecule has 8 heteroatoms. The molecule has 5 nitrogen and oxygen atoms in total. The van der Waals surface area contributed by atoms with E-state index >= 15 is 0 Å². The van der Waals surface area contributed by atoms with Gasteiger partial charge in [0.25, 0.3) is 5.91 Å². The lowest BCUT2D eigenvalue weighted by Crippen LogP contribution is -2.43. The molecule has 1 amide bonds. The van der Waals surface area contributed by atoms with Crippen molar-refractivity contribution in [3.8, 4) is 0 Å². The number of fused-ring (bicyclic) bond motifs is 1. The monoisotopic (exact) mass is 434 g/mol. The lowest BCUT2D eigenvalue weighted by molar-refractivity contribution is 0.0716. The van der Waals surface area contributed by atoms with E-state index in [9.17, 15) is 17.6 Å². The van der Waals surface area contributed by atoms with Crippen LogP contribution in [-0.2, 0) is 16.9 Å². The zero-order valence-corrected chi connectivity index (χ0v) is 17.4. The molecule has 1 aliphatic rings. The van der Waals surface area contributed by atoms with Crippen molar-refractivity contribution in [2.24, 2.45) is 7.05 Å². The average molecular weight is 435 g/mol. The summed E-state index contributed by atoms with van der Waals surface area (Å²) in [6.07, 6.45) is 0.741. The summed E-state index contributed by atoms with van der Waals surface area (Å²) in [6.45, 7) is 0.707. The fourth-order valence-corrected chi connectivity index (χ4v) is 5.71. The van der Waals surface area contributed by atoms with Gasteiger partial charge in [0.05, 0.1) is 15.7 Å². The lowest BCUT2D eigenvalue weighted by Gasteiger charge is -2.31. The van der Waals surface area contributed by atoms with E-state index in [4.69, 9.17) is 11.6 Å². The Morgan fingerprint density at radius 2 is 1.72 bits per heavy atom. The van der Waals surface area contributed by atoms with Gasteiger partial charge in [-0.2, -0.15) is 0 Å². The Morgan fingerprint density at radius 1 is 1.07 bits per heavy atom. The van der Waals surface area contributed by atoms with Gasteiger partial charge in [0.15, 0.2) is 9.84 Å². The summed E-state index contributed by atoms with van der Waals surface area (Å²) in [5.74, 6) is -0.530. The molecule has 0 radical (unpaired) electrons. The first-order valence-corrected chi connectivity index (χ1v) is 11.2. The van der Waals surface area contributed by atoms with Crippen LogP contribution in [0.1, 0.15) is 23.3 Å². The zero-order chi connectivity index (χ0) is 20.8. The number of piperidine rings is 1. The maximum atomic E-state index is 13.5. The SMILES string of the molecule is Cn1c(C(=O)N2CCC(S(=O)(=O)c3ccc(Cl)cc3)CC2)cc2ccc(F)cc21. The van der Waals surface area contributed by atoms with Crippen molar-refractivity contribution in [2.45, 2.75) is 23.0 Å². The van der Waals surface area contributed by atoms with Gasteiger partial charge in [-0.3, -0.25) is 4.79 Å². The molecule has 1 aliphatic heterocycles. The molecule has 0 unspecified atom stereocenters. The Bertz CT molecular complexity index is 1180. The van der Waals surface area contributed by atoms with Crippen LogP contribution >= 0.6 is 11.6 Å². The molecule has 0 bridgehead atoms. The molecular weight excluding hydrogens is 415 g/mol. The summed E-state index contributed by atoms with van der Waals surface area (Å²) >= 11 is 5.85. The van der Waals surface area contributed by atoms with E-state index in [0.717, 1.165) is 5.39 Å². The van der Waals surface area contributed by atoms with Gasteiger partial charge in [-0.1, -0.05) is 11.6 Å². The molecule has 2 heterocycles. The lowest BCUT2D eigenvalue weighted by atomic mass is 10.1. The highest BCUT2D eigenvalue weighted by atomic mass is 35.5. The highest BCUT2D eigenvalue weighted by molar-refractivity contribution is 7.92. The first kappa shape index (κ1) is 19.9. The van der Waals surface area contributed by atoms with Gasteiger partial charge in [-0.25, -0.2) is 12.8 Å². The quantitative estimate of drug-likeness (QED) is 0.624. The van der Waals surface area contributed by atoms with E-state index in [1.165, 1.54) is 24.3 Å². The number of hydrogen-bond acceptors (Lipinski definition) is 3. The zero-order valence-electron chi connectivity index (χ0n) is 15.8. The first-order chi connectivity index (χ1) is 13.8. The Balaban J connectivity index is 1.50. The van der Waals surface area contributed by atoms with Crippen molar-refractivity contribution < 1.29 is 17.6 Å². The fourth-order valence-electron chi connectivity index (χ4n) is 3.86. The summed E-state index contributed by atoms with van der Waals surface area (Å²) in [5, 5.41) is 0.742. The third-order valence-electron chi connectivity index (χ3n) is 5.54. The van der Waals surface area contributed by atoms with Gasteiger partial charge in [-0.05, 0) is 61.4 Å². The summed E-state index contributed by atoms with van der Waals surface area (Å²) in [5.41, 5.74) is 1.11. The molecule has 4 rings (SSSR count). The molecule has 152 valence electrons. The van der Waals surface area contributed by atoms with E-state index in [-0.39, 0.29) is 16.6 Å². The topological polar surface area (TPSA) is 59.4 Å². The van der Waals surface area contributed by atoms with Crippen LogP contribution in [0, 0.1) is 5.82 Å². The number of rotatable bonds is 3. The largest absolute Gasteiger partial charge is 0.340 e. The number of halogens is 2. The van der Waals surface area contributed by atoms with Crippen LogP contribution in [0.25, 0.3) is 10.9 Å². The standard InChI is InChI=1S/C21H20ClFN2O3S/c1-24-19-13-16(23)5-2-14(19)12-20(24)21(26)25-10-8-18(9-11-25)29(27,28)17-6-3-15(22)4-7-17/h2-7,12-13,18H,8-11H2,1H3. The molecule has 0 aliphatic carbocycles. The molecule has 1 saturated heterocycles. The van der Waals surface area contributed by atoms with Gasteiger partial charge in [0, 0.05) is 30.5 Å². The molecule has 0 spiro atoms. The maximum absolute atomic E-state index is 13.5. The van der Waals surface area contributed by atoms with E-state index < -0.39 is 15.1 Å². The number of aromatic nitrogens is 1. The number of aryl methyl sites for hydroxylation is 1. The van der Waals surface area contributed by atoms with E-state index in [2.05, 4.69) is 0 Å². The van der Waals surface area contributed by atoms with Crippen LogP contribution in [0.3, 0.4) is 0 Å². The smallest absolute Gasteiger partial charge is 0.270 e. The van der Waals surface area contributed by atoms with Gasteiger partial charge in [0.2, 0.25) is 0 Å². The van der Waals surface area contributed by atoms with Crippen LogP contribution in [0.4, 0.5) is 4.39 Å². The molecule has 0 N–H and O–H groups in total. The Kier molecular flexibility index (Phi) is 5.12. The third kappa shape index (κ3) is 3.65. The summed E-state index contributed by atoms with van der Waals surface area (Å²) in [6, 6.07) is 12.3. The van der Waals surface area contributed by atoms with E-state index in [1.807, 2.05) is 0 Å². The van der Waals surface area contributed by atoms with Crippen molar-refractivity contribution in [1.29, 1.82) is 0 Å². The Labute approximate surface area is 173 Å². The first-order valence-electron chi connectivity index (χ1n) is 9.31. The predicted molar refractivity (Wildman–Crippen MR) is 110 cm³/mol. The normalized spacial score (nSPS) is 15.8. The molecule has 1 aromatic heterocycles. The summed E-state index contributed by atoms with van der Waals surface area (Å²) in [4.78, 5) is 14.9. The number of hydrogen-bond donors (Lipinski definition) is 0. The highest BCUT2D eigenvalue weighted by Gasteiger charge is 2.33. The number of carbonyl (C=O) groups excluding carboxylic acids is 1. The minimum Gasteiger partial charge on any atom is -0.340 e. The van der Waals surface area contributed by atoms with Crippen LogP contribution < -0.4 is 0 Å². The minimum absolute atomic E-state index is 0.175. The van der Waals surface area contributed by atoms with Crippen LogP contribution in [0.15, 0.2) is 53.4 Å². The van der Waals surface area contributed by atoms with Crippen molar-refractivity contribution in [1.82, 2.24) is 9.47 Å². The third-order valence-corrected chi connectivity index (χ3v) is 8.07. The summed E-state index contributed by atoms with van der Waals surface area (Å²) in [7, 11) is -1.74. The minimum atomic E-state index is -3.47. The number of carbonyl (C=O) groups is 1. The molecule has 3 aromatic rings. The van der Waals surface area contributed by atoms with Gasteiger partial charge in [0.1, 0.15) is 11.5 Å². The van der Waals surface area contributed by atoms with Crippen molar-refractivity contribution >= 4 is 38.2 Å². The van der Waals surface area contributed by atoms with Crippen LogP contribution in [0.2, 0.25) is 5.02 Å². The van der Waals surface area contributed by atoms with Gasteiger partial charge in [-0.15, -0.1) is 0 Å². The summed E-state index contributed by atoms with van der Waals surface area (Å²) < 4.78 is 40.9. The number of sulfone groups is 1. The Morgan fingerprint density at radius 3 is 2.38 bits per heavy atom. The van der Waals surface area contributed by atoms with Gasteiger partial charge < -0.3 is 9.47 Å². The highest BCUT2D eigenvalue weighted by Crippen LogP contribution is 2.27. The van der Waals surface area contributed by atoms with Crippen molar-refractivity contribution in [3.63, 3.8) is 0 Å². The second-order valence-corrected chi connectivity index (χ2v) is 9.95. The van der Waals surface area contributed by atoms with Crippen molar-refractivity contribution in [2.75, 3.05) is 13.1 Å². The molecule has 0 saturated carbocycles.